The Morgan fingerprint density at radius 2 is 2.08 bits per heavy atom. The first-order valence-corrected chi connectivity index (χ1v) is 4.59. The summed E-state index contributed by atoms with van der Waals surface area (Å²) in [6, 6.07) is 7.14. The maximum atomic E-state index is 10.6. The van der Waals surface area contributed by atoms with Gasteiger partial charge >= 0.3 is 5.97 Å². The SMILES string of the molecule is O=C(O)C(S)c1ccccc1Br. The second-order valence-corrected chi connectivity index (χ2v) is 3.63. The summed E-state index contributed by atoms with van der Waals surface area (Å²) >= 11 is 7.21. The lowest BCUT2D eigenvalue weighted by molar-refractivity contribution is -0.136. The molecule has 1 unspecified atom stereocenters. The van der Waals surface area contributed by atoms with Crippen molar-refractivity contribution >= 4 is 34.5 Å². The number of hydrogen-bond donors (Lipinski definition) is 2. The molecule has 0 saturated carbocycles. The molecule has 0 saturated heterocycles. The lowest BCUT2D eigenvalue weighted by atomic mass is 10.1. The van der Waals surface area contributed by atoms with Crippen molar-refractivity contribution in [1.82, 2.24) is 0 Å². The standard InChI is InChI=1S/C8H7BrO2S/c9-6-4-2-1-3-5(6)7(12)8(10)11/h1-4,7,12H,(H,10,11). The molecule has 0 aliphatic heterocycles. The summed E-state index contributed by atoms with van der Waals surface area (Å²) in [4.78, 5) is 10.6. The minimum atomic E-state index is -0.940. The highest BCUT2D eigenvalue weighted by atomic mass is 79.9. The van der Waals surface area contributed by atoms with Crippen LogP contribution in [0.4, 0.5) is 0 Å². The molecular formula is C8H7BrO2S. The van der Waals surface area contributed by atoms with Crippen molar-refractivity contribution in [1.29, 1.82) is 0 Å². The molecule has 0 fully saturated rings. The van der Waals surface area contributed by atoms with E-state index >= 15 is 0 Å². The van der Waals surface area contributed by atoms with Gasteiger partial charge in [0, 0.05) is 4.47 Å². The summed E-state index contributed by atoms with van der Waals surface area (Å²) in [6.07, 6.45) is 0. The molecule has 1 atom stereocenters. The van der Waals surface area contributed by atoms with Crippen LogP contribution >= 0.6 is 28.6 Å². The van der Waals surface area contributed by atoms with Crippen LogP contribution in [0.1, 0.15) is 10.8 Å². The van der Waals surface area contributed by atoms with E-state index < -0.39 is 11.2 Å². The van der Waals surface area contributed by atoms with Gasteiger partial charge in [-0.2, -0.15) is 12.6 Å². The smallest absolute Gasteiger partial charge is 0.320 e. The van der Waals surface area contributed by atoms with Gasteiger partial charge in [0.2, 0.25) is 0 Å². The summed E-state index contributed by atoms with van der Waals surface area (Å²) in [5.41, 5.74) is 0.674. The number of rotatable bonds is 2. The number of carboxylic acid groups (broad SMARTS) is 1. The molecule has 2 nitrogen and oxygen atoms in total. The Labute approximate surface area is 84.1 Å². The second kappa shape index (κ2) is 3.96. The first-order valence-electron chi connectivity index (χ1n) is 3.28. The Morgan fingerprint density at radius 3 is 2.58 bits per heavy atom. The van der Waals surface area contributed by atoms with Gasteiger partial charge in [0.1, 0.15) is 5.25 Å². The Morgan fingerprint density at radius 1 is 1.50 bits per heavy atom. The van der Waals surface area contributed by atoms with E-state index in [-0.39, 0.29) is 0 Å². The van der Waals surface area contributed by atoms with Crippen LogP contribution in [-0.2, 0) is 4.79 Å². The third kappa shape index (κ3) is 2.01. The quantitative estimate of drug-likeness (QED) is 0.788. The van der Waals surface area contributed by atoms with E-state index in [1.807, 2.05) is 6.07 Å². The van der Waals surface area contributed by atoms with Crippen molar-refractivity contribution in [2.45, 2.75) is 5.25 Å². The molecule has 0 amide bonds. The molecule has 0 bridgehead atoms. The zero-order valence-corrected chi connectivity index (χ0v) is 8.55. The number of aliphatic carboxylic acids is 1. The van der Waals surface area contributed by atoms with Gasteiger partial charge < -0.3 is 5.11 Å². The number of thiol groups is 1. The third-order valence-corrected chi connectivity index (χ3v) is 2.65. The van der Waals surface area contributed by atoms with Gasteiger partial charge in [-0.3, -0.25) is 4.79 Å². The highest BCUT2D eigenvalue weighted by Gasteiger charge is 2.16. The van der Waals surface area contributed by atoms with E-state index in [9.17, 15) is 4.79 Å². The van der Waals surface area contributed by atoms with Crippen molar-refractivity contribution in [2.75, 3.05) is 0 Å². The summed E-state index contributed by atoms with van der Waals surface area (Å²) in [6.45, 7) is 0. The average molecular weight is 247 g/mol. The number of carboxylic acids is 1. The van der Waals surface area contributed by atoms with Crippen LogP contribution < -0.4 is 0 Å². The van der Waals surface area contributed by atoms with Crippen LogP contribution in [0.5, 0.6) is 0 Å². The molecule has 0 aliphatic rings. The Hall–Kier alpha value is -0.480. The van der Waals surface area contributed by atoms with Gasteiger partial charge in [0.05, 0.1) is 0 Å². The van der Waals surface area contributed by atoms with Gasteiger partial charge in [-0.1, -0.05) is 34.1 Å². The molecule has 1 aromatic rings. The lowest BCUT2D eigenvalue weighted by Crippen LogP contribution is -2.05. The van der Waals surface area contributed by atoms with Crippen LogP contribution in [0.3, 0.4) is 0 Å². The van der Waals surface area contributed by atoms with Crippen LogP contribution in [-0.4, -0.2) is 11.1 Å². The zero-order chi connectivity index (χ0) is 9.14. The fourth-order valence-electron chi connectivity index (χ4n) is 0.830. The monoisotopic (exact) mass is 246 g/mol. The summed E-state index contributed by atoms with van der Waals surface area (Å²) < 4.78 is 0.771. The van der Waals surface area contributed by atoms with Gasteiger partial charge in [-0.15, -0.1) is 0 Å². The molecule has 0 aromatic heterocycles. The number of halogens is 1. The maximum Gasteiger partial charge on any atom is 0.320 e. The molecular weight excluding hydrogens is 240 g/mol. The molecule has 1 N–H and O–H groups in total. The molecule has 0 radical (unpaired) electrons. The van der Waals surface area contributed by atoms with Crippen LogP contribution in [0.15, 0.2) is 28.7 Å². The highest BCUT2D eigenvalue weighted by molar-refractivity contribution is 9.10. The van der Waals surface area contributed by atoms with E-state index in [2.05, 4.69) is 28.6 Å². The molecule has 64 valence electrons. The van der Waals surface area contributed by atoms with Crippen molar-refractivity contribution in [3.63, 3.8) is 0 Å². The number of carbonyl (C=O) groups is 1. The van der Waals surface area contributed by atoms with E-state index in [1.165, 1.54) is 0 Å². The van der Waals surface area contributed by atoms with Crippen molar-refractivity contribution in [3.8, 4) is 0 Å². The predicted octanol–water partition coefficient (Wildman–Crippen LogP) is 2.50. The Kier molecular flexibility index (Phi) is 3.17. The third-order valence-electron chi connectivity index (χ3n) is 1.43. The van der Waals surface area contributed by atoms with E-state index in [4.69, 9.17) is 5.11 Å². The summed E-state index contributed by atoms with van der Waals surface area (Å²) in [7, 11) is 0. The zero-order valence-electron chi connectivity index (χ0n) is 6.07. The van der Waals surface area contributed by atoms with Crippen molar-refractivity contribution in [3.05, 3.63) is 34.3 Å². The molecule has 1 rings (SSSR count). The largest absolute Gasteiger partial charge is 0.480 e. The number of benzene rings is 1. The molecule has 4 heteroatoms. The van der Waals surface area contributed by atoms with Crippen LogP contribution in [0.2, 0.25) is 0 Å². The van der Waals surface area contributed by atoms with Gasteiger partial charge in [0.25, 0.3) is 0 Å². The fourth-order valence-corrected chi connectivity index (χ4v) is 1.75. The average Bonchev–Trinajstić information content (AvgIpc) is 2.04. The van der Waals surface area contributed by atoms with Gasteiger partial charge in [-0.25, -0.2) is 0 Å². The first-order chi connectivity index (χ1) is 5.63. The molecule has 12 heavy (non-hydrogen) atoms. The molecule has 0 spiro atoms. The topological polar surface area (TPSA) is 37.3 Å². The maximum absolute atomic E-state index is 10.6. The number of hydrogen-bond acceptors (Lipinski definition) is 2. The minimum absolute atomic E-state index is 0.674. The van der Waals surface area contributed by atoms with Crippen molar-refractivity contribution < 1.29 is 9.90 Å². The van der Waals surface area contributed by atoms with E-state index in [0.717, 1.165) is 4.47 Å². The van der Waals surface area contributed by atoms with E-state index in [1.54, 1.807) is 18.2 Å². The van der Waals surface area contributed by atoms with E-state index in [0.29, 0.717) is 5.56 Å². The Balaban J connectivity index is 3.02. The fraction of sp³-hybridized carbons (Fsp3) is 0.125. The predicted molar refractivity (Wildman–Crippen MR) is 53.5 cm³/mol. The van der Waals surface area contributed by atoms with Gasteiger partial charge in [0.15, 0.2) is 0 Å². The minimum Gasteiger partial charge on any atom is -0.480 e. The van der Waals surface area contributed by atoms with Crippen LogP contribution in [0.25, 0.3) is 0 Å². The van der Waals surface area contributed by atoms with Crippen molar-refractivity contribution in [2.24, 2.45) is 0 Å². The highest BCUT2D eigenvalue weighted by Crippen LogP contribution is 2.27. The van der Waals surface area contributed by atoms with Gasteiger partial charge in [-0.05, 0) is 11.6 Å². The normalized spacial score (nSPS) is 12.5. The molecule has 0 aliphatic carbocycles. The second-order valence-electron chi connectivity index (χ2n) is 2.26. The molecule has 0 heterocycles. The first kappa shape index (κ1) is 9.61. The van der Waals surface area contributed by atoms with Crippen LogP contribution in [0, 0.1) is 0 Å². The Bertz CT molecular complexity index is 301. The lowest BCUT2D eigenvalue weighted by Gasteiger charge is -2.06. The summed E-state index contributed by atoms with van der Waals surface area (Å²) in [5, 5.41) is 7.90. The summed E-state index contributed by atoms with van der Waals surface area (Å²) in [5.74, 6) is -0.940. The molecule has 1 aromatic carbocycles.